The van der Waals surface area contributed by atoms with Crippen LogP contribution in [0.5, 0.6) is 5.75 Å². The summed E-state index contributed by atoms with van der Waals surface area (Å²) in [4.78, 5) is 2.65. The highest BCUT2D eigenvalue weighted by molar-refractivity contribution is 9.10. The van der Waals surface area contributed by atoms with Crippen LogP contribution in [-0.2, 0) is 6.54 Å². The second kappa shape index (κ2) is 5.63. The minimum atomic E-state index is 0.386. The normalized spacial score (nSPS) is 30.6. The van der Waals surface area contributed by atoms with Crippen molar-refractivity contribution in [2.24, 2.45) is 0 Å². The Labute approximate surface area is 128 Å². The summed E-state index contributed by atoms with van der Waals surface area (Å²) < 4.78 is 6.31. The number of nitrogens with zero attached hydrogens (tertiary/aromatic N) is 1. The van der Waals surface area contributed by atoms with Crippen LogP contribution in [0.4, 0.5) is 0 Å². The lowest BCUT2D eigenvalue weighted by Crippen LogP contribution is -2.42. The molecule has 0 spiro atoms. The van der Waals surface area contributed by atoms with E-state index in [0.717, 1.165) is 29.6 Å². The van der Waals surface area contributed by atoms with E-state index in [1.165, 1.54) is 18.4 Å². The molecular weight excluding hydrogens is 326 g/mol. The van der Waals surface area contributed by atoms with Crippen molar-refractivity contribution in [2.45, 2.75) is 49.7 Å². The molecule has 0 aromatic heterocycles. The molecule has 1 aromatic rings. The summed E-state index contributed by atoms with van der Waals surface area (Å²) in [6.45, 7) is 1.03. The molecule has 2 aliphatic rings. The van der Waals surface area contributed by atoms with Crippen LogP contribution >= 0.6 is 27.5 Å². The molecule has 4 heteroatoms. The van der Waals surface area contributed by atoms with Gasteiger partial charge in [-0.3, -0.25) is 4.90 Å². The van der Waals surface area contributed by atoms with Gasteiger partial charge in [0.05, 0.1) is 11.6 Å². The van der Waals surface area contributed by atoms with Crippen LogP contribution in [0.15, 0.2) is 22.7 Å². The van der Waals surface area contributed by atoms with Crippen molar-refractivity contribution in [1.29, 1.82) is 0 Å². The predicted octanol–water partition coefficient (Wildman–Crippen LogP) is 4.19. The third kappa shape index (κ3) is 2.79. The van der Waals surface area contributed by atoms with Gasteiger partial charge in [0, 0.05) is 24.0 Å². The number of halogens is 2. The summed E-state index contributed by atoms with van der Waals surface area (Å²) in [5.74, 6) is 0.895. The van der Waals surface area contributed by atoms with Gasteiger partial charge in [0.2, 0.25) is 0 Å². The van der Waals surface area contributed by atoms with E-state index in [1.807, 2.05) is 6.07 Å². The maximum absolute atomic E-state index is 6.33. The van der Waals surface area contributed by atoms with Crippen molar-refractivity contribution in [3.63, 3.8) is 0 Å². The first-order chi connectivity index (χ1) is 9.17. The van der Waals surface area contributed by atoms with E-state index in [2.05, 4.69) is 33.0 Å². The van der Waals surface area contributed by atoms with Crippen LogP contribution in [-0.4, -0.2) is 29.5 Å². The summed E-state index contributed by atoms with van der Waals surface area (Å²) >= 11 is 9.89. The third-order valence-electron chi connectivity index (χ3n) is 4.41. The molecule has 2 nitrogen and oxygen atoms in total. The molecule has 0 amide bonds. The lowest BCUT2D eigenvalue weighted by Gasteiger charge is -2.37. The van der Waals surface area contributed by atoms with Crippen molar-refractivity contribution < 1.29 is 4.74 Å². The van der Waals surface area contributed by atoms with Gasteiger partial charge in [-0.1, -0.05) is 6.07 Å². The molecule has 19 heavy (non-hydrogen) atoms. The minimum Gasteiger partial charge on any atom is -0.496 e. The van der Waals surface area contributed by atoms with E-state index >= 15 is 0 Å². The lowest BCUT2D eigenvalue weighted by molar-refractivity contribution is 0.134. The van der Waals surface area contributed by atoms with Crippen LogP contribution in [0.2, 0.25) is 0 Å². The van der Waals surface area contributed by atoms with Gasteiger partial charge in [0.15, 0.2) is 0 Å². The molecule has 1 aromatic carbocycles. The SMILES string of the molecule is COc1ccc(CN2C3CCC2CC(Cl)C3)cc1Br. The zero-order valence-corrected chi connectivity index (χ0v) is 13.5. The Balaban J connectivity index is 1.73. The number of alkyl halides is 1. The Morgan fingerprint density at radius 2 is 2.00 bits per heavy atom. The highest BCUT2D eigenvalue weighted by Gasteiger charge is 2.39. The van der Waals surface area contributed by atoms with Crippen LogP contribution in [0.1, 0.15) is 31.2 Å². The van der Waals surface area contributed by atoms with E-state index in [-0.39, 0.29) is 0 Å². The molecule has 2 fully saturated rings. The Hall–Kier alpha value is -0.250. The van der Waals surface area contributed by atoms with E-state index in [4.69, 9.17) is 16.3 Å². The Morgan fingerprint density at radius 3 is 2.58 bits per heavy atom. The summed E-state index contributed by atoms with van der Waals surface area (Å²) in [6.07, 6.45) is 4.92. The van der Waals surface area contributed by atoms with Gasteiger partial charge in [0.1, 0.15) is 5.75 Å². The van der Waals surface area contributed by atoms with Gasteiger partial charge in [0.25, 0.3) is 0 Å². The first-order valence-electron chi connectivity index (χ1n) is 6.89. The fraction of sp³-hybridized carbons (Fsp3) is 0.600. The highest BCUT2D eigenvalue weighted by atomic mass is 79.9. The first-order valence-corrected chi connectivity index (χ1v) is 8.12. The van der Waals surface area contributed by atoms with Crippen molar-refractivity contribution >= 4 is 27.5 Å². The van der Waals surface area contributed by atoms with Crippen molar-refractivity contribution in [3.05, 3.63) is 28.2 Å². The monoisotopic (exact) mass is 343 g/mol. The van der Waals surface area contributed by atoms with Crippen LogP contribution in [0, 0.1) is 0 Å². The van der Waals surface area contributed by atoms with E-state index < -0.39 is 0 Å². The number of hydrogen-bond donors (Lipinski definition) is 0. The van der Waals surface area contributed by atoms with Crippen molar-refractivity contribution in [2.75, 3.05) is 7.11 Å². The van der Waals surface area contributed by atoms with Gasteiger partial charge in [-0.2, -0.15) is 0 Å². The number of ether oxygens (including phenoxy) is 1. The average molecular weight is 345 g/mol. The number of methoxy groups -OCH3 is 1. The van der Waals surface area contributed by atoms with Gasteiger partial charge < -0.3 is 4.74 Å². The molecule has 2 heterocycles. The zero-order chi connectivity index (χ0) is 13.4. The number of piperidine rings is 1. The predicted molar refractivity (Wildman–Crippen MR) is 81.9 cm³/mol. The van der Waals surface area contributed by atoms with Gasteiger partial charge in [-0.05, 0) is 59.3 Å². The second-order valence-corrected chi connectivity index (χ2v) is 7.07. The third-order valence-corrected chi connectivity index (χ3v) is 5.38. The van der Waals surface area contributed by atoms with E-state index in [9.17, 15) is 0 Å². The topological polar surface area (TPSA) is 12.5 Å². The van der Waals surface area contributed by atoms with Crippen LogP contribution < -0.4 is 4.74 Å². The molecule has 0 N–H and O–H groups in total. The highest BCUT2D eigenvalue weighted by Crippen LogP contribution is 2.39. The summed E-state index contributed by atoms with van der Waals surface area (Å²) in [7, 11) is 1.70. The van der Waals surface area contributed by atoms with Gasteiger partial charge >= 0.3 is 0 Å². The molecular formula is C15H19BrClNO. The second-order valence-electron chi connectivity index (χ2n) is 5.59. The number of rotatable bonds is 3. The molecule has 0 radical (unpaired) electrons. The van der Waals surface area contributed by atoms with Gasteiger partial charge in [-0.15, -0.1) is 11.6 Å². The molecule has 0 saturated carbocycles. The van der Waals surface area contributed by atoms with Crippen LogP contribution in [0.25, 0.3) is 0 Å². The molecule has 2 aliphatic heterocycles. The van der Waals surface area contributed by atoms with Crippen molar-refractivity contribution in [1.82, 2.24) is 4.90 Å². The molecule has 104 valence electrons. The Bertz CT molecular complexity index is 453. The number of fused-ring (bicyclic) bond motifs is 2. The maximum Gasteiger partial charge on any atom is 0.133 e. The summed E-state index contributed by atoms with van der Waals surface area (Å²) in [5.41, 5.74) is 1.34. The Kier molecular flexibility index (Phi) is 4.06. The molecule has 2 saturated heterocycles. The Morgan fingerprint density at radius 1 is 1.32 bits per heavy atom. The molecule has 3 rings (SSSR count). The minimum absolute atomic E-state index is 0.386. The van der Waals surface area contributed by atoms with Crippen LogP contribution in [0.3, 0.4) is 0 Å². The largest absolute Gasteiger partial charge is 0.496 e. The smallest absolute Gasteiger partial charge is 0.133 e. The van der Waals surface area contributed by atoms with E-state index in [0.29, 0.717) is 17.5 Å². The zero-order valence-electron chi connectivity index (χ0n) is 11.1. The molecule has 2 atom stereocenters. The van der Waals surface area contributed by atoms with Gasteiger partial charge in [-0.25, -0.2) is 0 Å². The summed E-state index contributed by atoms with van der Waals surface area (Å²) in [5, 5.41) is 0.386. The average Bonchev–Trinajstić information content (AvgIpc) is 2.62. The molecule has 2 unspecified atom stereocenters. The molecule has 2 bridgehead atoms. The standard InChI is InChI=1S/C15H19BrClNO/c1-19-15-5-2-10(6-14(15)16)9-18-12-3-4-13(18)8-11(17)7-12/h2,5-6,11-13H,3-4,7-9H2,1H3. The quantitative estimate of drug-likeness (QED) is 0.762. The fourth-order valence-electron chi connectivity index (χ4n) is 3.48. The fourth-order valence-corrected chi connectivity index (χ4v) is 4.48. The first kappa shape index (κ1) is 13.7. The maximum atomic E-state index is 6.33. The number of hydrogen-bond acceptors (Lipinski definition) is 2. The summed E-state index contributed by atoms with van der Waals surface area (Å²) in [6, 6.07) is 7.74. The number of benzene rings is 1. The van der Waals surface area contributed by atoms with E-state index in [1.54, 1.807) is 7.11 Å². The molecule has 0 aliphatic carbocycles. The van der Waals surface area contributed by atoms with Crippen molar-refractivity contribution in [3.8, 4) is 5.75 Å². The lowest BCUT2D eigenvalue weighted by atomic mass is 10.0.